The van der Waals surface area contributed by atoms with Crippen LogP contribution in [0.5, 0.6) is 5.75 Å². The van der Waals surface area contributed by atoms with Gasteiger partial charge in [0.15, 0.2) is 6.61 Å². The van der Waals surface area contributed by atoms with E-state index in [4.69, 9.17) is 4.74 Å². The van der Waals surface area contributed by atoms with Gasteiger partial charge >= 0.3 is 0 Å². The summed E-state index contributed by atoms with van der Waals surface area (Å²) in [6.45, 7) is 1.90. The molecule has 2 aromatic rings. The van der Waals surface area contributed by atoms with E-state index in [1.165, 1.54) is 17.5 Å². The SMILES string of the molecule is Cc1cc(NC(=O)COc2ccc3c(c2)CCC3)ccn1. The van der Waals surface area contributed by atoms with Crippen molar-refractivity contribution in [3.63, 3.8) is 0 Å². The second kappa shape index (κ2) is 5.95. The number of carbonyl (C=O) groups is 1. The maximum atomic E-state index is 11.9. The van der Waals surface area contributed by atoms with E-state index < -0.39 is 0 Å². The predicted molar refractivity (Wildman–Crippen MR) is 81.6 cm³/mol. The number of ether oxygens (including phenoxy) is 1. The molecule has 1 aliphatic rings. The van der Waals surface area contributed by atoms with Crippen LogP contribution < -0.4 is 10.1 Å². The van der Waals surface area contributed by atoms with Crippen LogP contribution in [0.25, 0.3) is 0 Å². The molecule has 1 aromatic heterocycles. The highest BCUT2D eigenvalue weighted by Gasteiger charge is 2.12. The molecule has 1 heterocycles. The lowest BCUT2D eigenvalue weighted by molar-refractivity contribution is -0.118. The first kappa shape index (κ1) is 13.6. The van der Waals surface area contributed by atoms with Crippen LogP contribution in [0.2, 0.25) is 0 Å². The highest BCUT2D eigenvalue weighted by molar-refractivity contribution is 5.91. The summed E-state index contributed by atoms with van der Waals surface area (Å²) >= 11 is 0. The van der Waals surface area contributed by atoms with Gasteiger partial charge in [-0.15, -0.1) is 0 Å². The third-order valence-corrected chi connectivity index (χ3v) is 3.62. The molecular weight excluding hydrogens is 264 g/mol. The number of hydrogen-bond donors (Lipinski definition) is 1. The maximum absolute atomic E-state index is 11.9. The Bertz CT molecular complexity index is 668. The average molecular weight is 282 g/mol. The zero-order chi connectivity index (χ0) is 14.7. The van der Waals surface area contributed by atoms with Crippen molar-refractivity contribution in [2.75, 3.05) is 11.9 Å². The van der Waals surface area contributed by atoms with Crippen LogP contribution in [0.4, 0.5) is 5.69 Å². The maximum Gasteiger partial charge on any atom is 0.262 e. The van der Waals surface area contributed by atoms with Gasteiger partial charge in [0, 0.05) is 17.6 Å². The van der Waals surface area contributed by atoms with Crippen molar-refractivity contribution in [3.05, 3.63) is 53.3 Å². The van der Waals surface area contributed by atoms with Crippen LogP contribution in [0.1, 0.15) is 23.2 Å². The van der Waals surface area contributed by atoms with E-state index in [-0.39, 0.29) is 12.5 Å². The standard InChI is InChI=1S/C17H18N2O2/c1-12-9-15(7-8-18-12)19-17(20)11-21-16-6-5-13-3-2-4-14(13)10-16/h5-10H,2-4,11H2,1H3,(H,18,19,20). The number of nitrogens with one attached hydrogen (secondary N) is 1. The molecular formula is C17H18N2O2. The summed E-state index contributed by atoms with van der Waals surface area (Å²) in [5.41, 5.74) is 4.36. The monoisotopic (exact) mass is 282 g/mol. The number of aryl methyl sites for hydroxylation is 3. The van der Waals surface area contributed by atoms with Gasteiger partial charge in [0.1, 0.15) is 5.75 Å². The summed E-state index contributed by atoms with van der Waals surface area (Å²) in [4.78, 5) is 16.0. The minimum atomic E-state index is -0.166. The topological polar surface area (TPSA) is 51.2 Å². The predicted octanol–water partition coefficient (Wildman–Crippen LogP) is 2.90. The van der Waals surface area contributed by atoms with Gasteiger partial charge in [-0.05, 0) is 61.6 Å². The Kier molecular flexibility index (Phi) is 3.86. The smallest absolute Gasteiger partial charge is 0.262 e. The van der Waals surface area contributed by atoms with Crippen molar-refractivity contribution in [3.8, 4) is 5.75 Å². The molecule has 108 valence electrons. The van der Waals surface area contributed by atoms with Gasteiger partial charge in [-0.1, -0.05) is 6.07 Å². The van der Waals surface area contributed by atoms with Crippen molar-refractivity contribution in [2.24, 2.45) is 0 Å². The number of pyridine rings is 1. The number of fused-ring (bicyclic) bond motifs is 1. The molecule has 1 aromatic carbocycles. The largest absolute Gasteiger partial charge is 0.484 e. The Morgan fingerprint density at radius 1 is 1.24 bits per heavy atom. The molecule has 0 spiro atoms. The number of benzene rings is 1. The van der Waals surface area contributed by atoms with Gasteiger partial charge in [0.2, 0.25) is 0 Å². The number of hydrogen-bond acceptors (Lipinski definition) is 3. The van der Waals surface area contributed by atoms with Crippen LogP contribution in [0, 0.1) is 6.92 Å². The molecule has 4 heteroatoms. The Labute approximate surface area is 124 Å². The number of carbonyl (C=O) groups excluding carboxylic acids is 1. The molecule has 0 aliphatic heterocycles. The van der Waals surface area contributed by atoms with E-state index in [0.717, 1.165) is 30.0 Å². The molecule has 21 heavy (non-hydrogen) atoms. The molecule has 0 radical (unpaired) electrons. The number of nitrogens with zero attached hydrogens (tertiary/aromatic N) is 1. The van der Waals surface area contributed by atoms with Crippen LogP contribution >= 0.6 is 0 Å². The third kappa shape index (κ3) is 3.40. The summed E-state index contributed by atoms with van der Waals surface area (Å²) in [5, 5.41) is 2.80. The molecule has 1 N–H and O–H groups in total. The molecule has 1 amide bonds. The van der Waals surface area contributed by atoms with E-state index in [0.29, 0.717) is 0 Å². The average Bonchev–Trinajstić information content (AvgIpc) is 2.92. The fourth-order valence-corrected chi connectivity index (χ4v) is 2.61. The van der Waals surface area contributed by atoms with Crippen LogP contribution in [0.3, 0.4) is 0 Å². The Balaban J connectivity index is 1.56. The lowest BCUT2D eigenvalue weighted by atomic mass is 10.1. The van der Waals surface area contributed by atoms with E-state index >= 15 is 0 Å². The van der Waals surface area contributed by atoms with Gasteiger partial charge in [-0.25, -0.2) is 0 Å². The highest BCUT2D eigenvalue weighted by atomic mass is 16.5. The minimum absolute atomic E-state index is 0.0140. The number of aromatic nitrogens is 1. The van der Waals surface area contributed by atoms with Crippen LogP contribution in [-0.4, -0.2) is 17.5 Å². The highest BCUT2D eigenvalue weighted by Crippen LogP contribution is 2.25. The Morgan fingerprint density at radius 2 is 2.10 bits per heavy atom. The summed E-state index contributed by atoms with van der Waals surface area (Å²) in [6, 6.07) is 9.68. The normalized spacial score (nSPS) is 12.8. The minimum Gasteiger partial charge on any atom is -0.484 e. The van der Waals surface area contributed by atoms with Gasteiger partial charge in [-0.3, -0.25) is 9.78 Å². The molecule has 4 nitrogen and oxygen atoms in total. The summed E-state index contributed by atoms with van der Waals surface area (Å²) in [7, 11) is 0. The third-order valence-electron chi connectivity index (χ3n) is 3.62. The first-order valence-electron chi connectivity index (χ1n) is 7.18. The molecule has 0 fully saturated rings. The van der Waals surface area contributed by atoms with Crippen molar-refractivity contribution < 1.29 is 9.53 Å². The number of rotatable bonds is 4. The lowest BCUT2D eigenvalue weighted by Crippen LogP contribution is -2.20. The van der Waals surface area contributed by atoms with Crippen LogP contribution in [0.15, 0.2) is 36.5 Å². The zero-order valence-corrected chi connectivity index (χ0v) is 12.1. The van der Waals surface area contributed by atoms with E-state index in [2.05, 4.69) is 16.4 Å². The second-order valence-corrected chi connectivity index (χ2v) is 5.31. The van der Waals surface area contributed by atoms with Gasteiger partial charge in [0.25, 0.3) is 5.91 Å². The van der Waals surface area contributed by atoms with Crippen LogP contribution in [-0.2, 0) is 17.6 Å². The molecule has 0 unspecified atom stereocenters. The fraction of sp³-hybridized carbons (Fsp3) is 0.294. The van der Waals surface area contributed by atoms with Gasteiger partial charge < -0.3 is 10.1 Å². The summed E-state index contributed by atoms with van der Waals surface area (Å²) < 4.78 is 5.57. The Morgan fingerprint density at radius 3 is 2.95 bits per heavy atom. The molecule has 0 saturated heterocycles. The number of amides is 1. The molecule has 1 aliphatic carbocycles. The van der Waals surface area contributed by atoms with E-state index in [1.54, 1.807) is 12.3 Å². The molecule has 0 bridgehead atoms. The quantitative estimate of drug-likeness (QED) is 0.938. The fourth-order valence-electron chi connectivity index (χ4n) is 2.61. The van der Waals surface area contributed by atoms with E-state index in [9.17, 15) is 4.79 Å². The van der Waals surface area contributed by atoms with Crippen molar-refractivity contribution in [1.29, 1.82) is 0 Å². The van der Waals surface area contributed by atoms with Crippen molar-refractivity contribution >= 4 is 11.6 Å². The molecule has 0 atom stereocenters. The van der Waals surface area contributed by atoms with Gasteiger partial charge in [0.05, 0.1) is 0 Å². The first-order chi connectivity index (χ1) is 10.2. The first-order valence-corrected chi connectivity index (χ1v) is 7.18. The summed E-state index contributed by atoms with van der Waals surface area (Å²) in [5.74, 6) is 0.595. The second-order valence-electron chi connectivity index (χ2n) is 5.31. The van der Waals surface area contributed by atoms with Crippen molar-refractivity contribution in [2.45, 2.75) is 26.2 Å². The zero-order valence-electron chi connectivity index (χ0n) is 12.1. The summed E-state index contributed by atoms with van der Waals surface area (Å²) in [6.07, 6.45) is 5.14. The van der Waals surface area contributed by atoms with Crippen molar-refractivity contribution in [1.82, 2.24) is 4.98 Å². The Hall–Kier alpha value is -2.36. The lowest BCUT2D eigenvalue weighted by Gasteiger charge is -2.09. The van der Waals surface area contributed by atoms with E-state index in [1.807, 2.05) is 25.1 Å². The van der Waals surface area contributed by atoms with Gasteiger partial charge in [-0.2, -0.15) is 0 Å². The number of anilines is 1. The molecule has 3 rings (SSSR count). The molecule has 0 saturated carbocycles.